The van der Waals surface area contributed by atoms with Crippen molar-refractivity contribution in [2.24, 2.45) is 0 Å². The molecule has 0 aromatic heterocycles. The zero-order valence-corrected chi connectivity index (χ0v) is 14.4. The molecule has 1 aliphatic rings. The number of benzene rings is 2. The number of likely N-dealkylation sites (N-methyl/N-ethyl adjacent to an activating group) is 1. The van der Waals surface area contributed by atoms with Gasteiger partial charge in [0.05, 0.1) is 18.6 Å². The smallest absolute Gasteiger partial charge is 0.229 e. The van der Waals surface area contributed by atoms with Gasteiger partial charge in [-0.05, 0) is 23.1 Å². The second-order valence-electron chi connectivity index (χ2n) is 6.50. The molecule has 0 bridgehead atoms. The van der Waals surface area contributed by atoms with Gasteiger partial charge < -0.3 is 9.64 Å². The molecule has 1 amide bonds. The molecule has 2 aromatic carbocycles. The molecule has 0 spiro atoms. The van der Waals surface area contributed by atoms with E-state index in [0.717, 1.165) is 18.4 Å². The summed E-state index contributed by atoms with van der Waals surface area (Å²) in [6, 6.07) is 18.4. The van der Waals surface area contributed by atoms with Crippen molar-refractivity contribution < 1.29 is 9.53 Å². The van der Waals surface area contributed by atoms with E-state index in [9.17, 15) is 4.79 Å². The van der Waals surface area contributed by atoms with Crippen LogP contribution in [0.25, 0.3) is 0 Å². The number of ether oxygens (including phenoxy) is 1. The molecule has 0 radical (unpaired) electrons. The van der Waals surface area contributed by atoms with Gasteiger partial charge in [-0.2, -0.15) is 0 Å². The summed E-state index contributed by atoms with van der Waals surface area (Å²) >= 11 is 0. The molecule has 24 heavy (non-hydrogen) atoms. The summed E-state index contributed by atoms with van der Waals surface area (Å²) in [5, 5.41) is 0. The maximum atomic E-state index is 12.9. The van der Waals surface area contributed by atoms with Crippen LogP contribution < -0.4 is 0 Å². The Bertz CT molecular complexity index is 683. The Balaban J connectivity index is 1.64. The van der Waals surface area contributed by atoms with E-state index in [0.29, 0.717) is 13.2 Å². The van der Waals surface area contributed by atoms with Gasteiger partial charge in [0.1, 0.15) is 0 Å². The van der Waals surface area contributed by atoms with E-state index in [2.05, 4.69) is 25.1 Å². The highest BCUT2D eigenvalue weighted by Gasteiger charge is 2.26. The molecule has 3 rings (SSSR count). The fourth-order valence-corrected chi connectivity index (χ4v) is 3.43. The Kier molecular flexibility index (Phi) is 5.31. The highest BCUT2D eigenvalue weighted by Crippen LogP contribution is 2.24. The van der Waals surface area contributed by atoms with Gasteiger partial charge >= 0.3 is 0 Å². The lowest BCUT2D eigenvalue weighted by Gasteiger charge is -2.30. The molecule has 2 atom stereocenters. The van der Waals surface area contributed by atoms with Crippen molar-refractivity contribution in [2.45, 2.75) is 38.4 Å². The lowest BCUT2D eigenvalue weighted by Crippen LogP contribution is -2.40. The van der Waals surface area contributed by atoms with Gasteiger partial charge in [-0.3, -0.25) is 4.79 Å². The summed E-state index contributed by atoms with van der Waals surface area (Å²) in [5.74, 6) is 0.0956. The van der Waals surface area contributed by atoms with Gasteiger partial charge in [0.25, 0.3) is 0 Å². The van der Waals surface area contributed by atoms with Crippen molar-refractivity contribution in [1.29, 1.82) is 0 Å². The third-order valence-corrected chi connectivity index (χ3v) is 4.80. The average Bonchev–Trinajstić information content (AvgIpc) is 2.63. The minimum atomic E-state index is -0.0768. The van der Waals surface area contributed by atoms with Crippen LogP contribution in [0.4, 0.5) is 0 Å². The zero-order valence-electron chi connectivity index (χ0n) is 14.4. The van der Waals surface area contributed by atoms with E-state index < -0.39 is 0 Å². The second kappa shape index (κ2) is 7.63. The second-order valence-corrected chi connectivity index (χ2v) is 6.50. The summed E-state index contributed by atoms with van der Waals surface area (Å²) in [6.45, 7) is 3.34. The standard InChI is InChI=1S/C21H25NO2/c1-3-20(16-9-5-4-6-10-16)21(23)22(2)14-19-13-17-11-7-8-12-18(17)15-24-19/h4-12,19-20H,3,13-15H2,1-2H3. The van der Waals surface area contributed by atoms with Gasteiger partial charge in [0.15, 0.2) is 0 Å². The number of hydrogen-bond donors (Lipinski definition) is 0. The van der Waals surface area contributed by atoms with E-state index in [1.807, 2.05) is 48.3 Å². The lowest BCUT2D eigenvalue weighted by atomic mass is 9.94. The van der Waals surface area contributed by atoms with Crippen LogP contribution >= 0.6 is 0 Å². The van der Waals surface area contributed by atoms with Crippen molar-refractivity contribution in [2.75, 3.05) is 13.6 Å². The van der Waals surface area contributed by atoms with Crippen molar-refractivity contribution in [1.82, 2.24) is 4.90 Å². The topological polar surface area (TPSA) is 29.5 Å². The van der Waals surface area contributed by atoms with E-state index in [1.54, 1.807) is 0 Å². The molecule has 0 N–H and O–H groups in total. The van der Waals surface area contributed by atoms with Crippen molar-refractivity contribution in [3.05, 3.63) is 71.3 Å². The quantitative estimate of drug-likeness (QED) is 0.838. The number of amides is 1. The molecule has 1 aliphatic heterocycles. The van der Waals surface area contributed by atoms with Crippen LogP contribution in [0, 0.1) is 0 Å². The molecule has 0 fully saturated rings. The molecule has 0 aliphatic carbocycles. The Morgan fingerprint density at radius 1 is 1.12 bits per heavy atom. The highest BCUT2D eigenvalue weighted by atomic mass is 16.5. The summed E-state index contributed by atoms with van der Waals surface area (Å²) in [6.07, 6.45) is 1.75. The van der Waals surface area contributed by atoms with E-state index in [-0.39, 0.29) is 17.9 Å². The first-order valence-electron chi connectivity index (χ1n) is 8.67. The minimum Gasteiger partial charge on any atom is -0.371 e. The van der Waals surface area contributed by atoms with E-state index >= 15 is 0 Å². The predicted molar refractivity (Wildman–Crippen MR) is 95.8 cm³/mol. The predicted octanol–water partition coefficient (Wildman–Crippen LogP) is 3.78. The Morgan fingerprint density at radius 2 is 1.79 bits per heavy atom. The number of rotatable bonds is 5. The first kappa shape index (κ1) is 16.7. The van der Waals surface area contributed by atoms with Crippen LogP contribution in [0.3, 0.4) is 0 Å². The van der Waals surface area contributed by atoms with Crippen LogP contribution in [-0.4, -0.2) is 30.5 Å². The fourth-order valence-electron chi connectivity index (χ4n) is 3.43. The van der Waals surface area contributed by atoms with Crippen molar-refractivity contribution >= 4 is 5.91 Å². The zero-order chi connectivity index (χ0) is 16.9. The molecule has 3 heteroatoms. The average molecular weight is 323 g/mol. The number of hydrogen-bond acceptors (Lipinski definition) is 2. The van der Waals surface area contributed by atoms with Crippen LogP contribution in [0.5, 0.6) is 0 Å². The monoisotopic (exact) mass is 323 g/mol. The maximum absolute atomic E-state index is 12.9. The lowest BCUT2D eigenvalue weighted by molar-refractivity contribution is -0.133. The first-order chi connectivity index (χ1) is 11.7. The summed E-state index contributed by atoms with van der Waals surface area (Å²) < 4.78 is 5.95. The fraction of sp³-hybridized carbons (Fsp3) is 0.381. The number of fused-ring (bicyclic) bond motifs is 1. The molecular weight excluding hydrogens is 298 g/mol. The highest BCUT2D eigenvalue weighted by molar-refractivity contribution is 5.83. The van der Waals surface area contributed by atoms with Crippen LogP contribution in [-0.2, 0) is 22.6 Å². The van der Waals surface area contributed by atoms with Gasteiger partial charge in [-0.1, -0.05) is 61.5 Å². The molecule has 1 heterocycles. The molecule has 2 aromatic rings. The molecule has 126 valence electrons. The summed E-state index contributed by atoms with van der Waals surface area (Å²) in [7, 11) is 1.89. The number of nitrogens with zero attached hydrogens (tertiary/aromatic N) is 1. The summed E-state index contributed by atoms with van der Waals surface area (Å²) in [4.78, 5) is 14.7. The Hall–Kier alpha value is -2.13. The third kappa shape index (κ3) is 3.68. The van der Waals surface area contributed by atoms with E-state index in [1.165, 1.54) is 11.1 Å². The number of carbonyl (C=O) groups is 1. The largest absolute Gasteiger partial charge is 0.371 e. The van der Waals surface area contributed by atoms with Gasteiger partial charge in [0, 0.05) is 20.0 Å². The van der Waals surface area contributed by atoms with Gasteiger partial charge in [-0.15, -0.1) is 0 Å². The van der Waals surface area contributed by atoms with Crippen molar-refractivity contribution in [3.8, 4) is 0 Å². The minimum absolute atomic E-state index is 0.0714. The SMILES string of the molecule is CCC(C(=O)N(C)CC1Cc2ccccc2CO1)c1ccccc1. The van der Waals surface area contributed by atoms with E-state index in [4.69, 9.17) is 4.74 Å². The molecule has 0 saturated heterocycles. The van der Waals surface area contributed by atoms with Crippen LogP contribution in [0.2, 0.25) is 0 Å². The maximum Gasteiger partial charge on any atom is 0.229 e. The van der Waals surface area contributed by atoms with Crippen molar-refractivity contribution in [3.63, 3.8) is 0 Å². The molecule has 0 saturated carbocycles. The Morgan fingerprint density at radius 3 is 2.50 bits per heavy atom. The van der Waals surface area contributed by atoms with Gasteiger partial charge in [-0.25, -0.2) is 0 Å². The van der Waals surface area contributed by atoms with Gasteiger partial charge in [0.2, 0.25) is 5.91 Å². The summed E-state index contributed by atoms with van der Waals surface area (Å²) in [5.41, 5.74) is 3.69. The normalized spacial score (nSPS) is 17.8. The number of carbonyl (C=O) groups excluding carboxylic acids is 1. The molecule has 2 unspecified atom stereocenters. The third-order valence-electron chi connectivity index (χ3n) is 4.80. The van der Waals surface area contributed by atoms with Crippen LogP contribution in [0.15, 0.2) is 54.6 Å². The Labute approximate surface area is 144 Å². The molecular formula is C21H25NO2. The first-order valence-corrected chi connectivity index (χ1v) is 8.67. The molecule has 3 nitrogen and oxygen atoms in total. The van der Waals surface area contributed by atoms with Crippen LogP contribution in [0.1, 0.15) is 36.0 Å².